The zero-order valence-corrected chi connectivity index (χ0v) is 13.4. The Morgan fingerprint density at radius 3 is 2.64 bits per heavy atom. The average molecular weight is 353 g/mol. The molecule has 6 nitrogen and oxygen atoms in total. The zero-order valence-electron chi connectivity index (χ0n) is 13.4. The van der Waals surface area contributed by atoms with Crippen molar-refractivity contribution in [1.82, 2.24) is 25.3 Å². The highest BCUT2D eigenvalue weighted by atomic mass is 19.4. The molecule has 2 heterocycles. The Morgan fingerprint density at radius 1 is 1.24 bits per heavy atom. The molecule has 0 spiro atoms. The lowest BCUT2D eigenvalue weighted by Crippen LogP contribution is -2.38. The molecule has 1 atom stereocenters. The zero-order chi connectivity index (χ0) is 17.9. The molecule has 2 aromatic heterocycles. The fraction of sp³-hybridized carbons (Fsp3) is 0.500. The fourth-order valence-corrected chi connectivity index (χ4v) is 2.98. The molecular formula is C16H18F3N5O. The largest absolute Gasteiger partial charge is 0.414 e. The van der Waals surface area contributed by atoms with Crippen molar-refractivity contribution < 1.29 is 18.0 Å². The molecule has 2 aromatic rings. The Kier molecular flexibility index (Phi) is 5.00. The summed E-state index contributed by atoms with van der Waals surface area (Å²) in [6.45, 7) is 0. The van der Waals surface area contributed by atoms with E-state index in [2.05, 4.69) is 15.3 Å². The summed E-state index contributed by atoms with van der Waals surface area (Å²) in [4.78, 5) is 15.9. The van der Waals surface area contributed by atoms with E-state index >= 15 is 0 Å². The lowest BCUT2D eigenvalue weighted by atomic mass is 9.96. The predicted octanol–water partition coefficient (Wildman–Crippen LogP) is 3.21. The molecule has 3 rings (SSSR count). The SMILES string of the molecule is O=C(NC(c1ccccn1)C(F)(F)F)c1cn(C2CCCCC2)nn1. The van der Waals surface area contributed by atoms with Crippen molar-refractivity contribution in [2.24, 2.45) is 0 Å². The summed E-state index contributed by atoms with van der Waals surface area (Å²) in [5.41, 5.74) is -0.404. The minimum absolute atomic E-state index is 0.129. The van der Waals surface area contributed by atoms with Crippen molar-refractivity contribution in [3.8, 4) is 0 Å². The van der Waals surface area contributed by atoms with E-state index in [1.807, 2.05) is 5.32 Å². The number of carbonyl (C=O) groups excluding carboxylic acids is 1. The second-order valence-corrected chi connectivity index (χ2v) is 6.08. The molecule has 1 fully saturated rings. The molecule has 0 aliphatic heterocycles. The van der Waals surface area contributed by atoms with Gasteiger partial charge in [0.25, 0.3) is 5.91 Å². The fourth-order valence-electron chi connectivity index (χ4n) is 2.98. The number of rotatable bonds is 4. The molecule has 134 valence electrons. The van der Waals surface area contributed by atoms with Crippen LogP contribution in [0.3, 0.4) is 0 Å². The molecular weight excluding hydrogens is 335 g/mol. The van der Waals surface area contributed by atoms with Crippen LogP contribution in [0.4, 0.5) is 13.2 Å². The number of carbonyl (C=O) groups is 1. The summed E-state index contributed by atoms with van der Waals surface area (Å²) < 4.78 is 41.4. The highest BCUT2D eigenvalue weighted by Gasteiger charge is 2.43. The van der Waals surface area contributed by atoms with Crippen LogP contribution < -0.4 is 5.32 Å². The maximum Gasteiger partial charge on any atom is 0.414 e. The van der Waals surface area contributed by atoms with Crippen LogP contribution in [-0.4, -0.2) is 32.1 Å². The third-order valence-corrected chi connectivity index (χ3v) is 4.28. The molecule has 1 saturated carbocycles. The van der Waals surface area contributed by atoms with Gasteiger partial charge in [0.1, 0.15) is 0 Å². The number of amides is 1. The summed E-state index contributed by atoms with van der Waals surface area (Å²) in [5, 5.41) is 9.61. The average Bonchev–Trinajstić information content (AvgIpc) is 3.10. The third-order valence-electron chi connectivity index (χ3n) is 4.28. The second kappa shape index (κ2) is 7.20. The van der Waals surface area contributed by atoms with Gasteiger partial charge in [-0.25, -0.2) is 4.68 Å². The summed E-state index contributed by atoms with van der Waals surface area (Å²) in [5.74, 6) is -0.921. The van der Waals surface area contributed by atoms with E-state index in [4.69, 9.17) is 0 Å². The van der Waals surface area contributed by atoms with Crippen LogP contribution in [0.25, 0.3) is 0 Å². The molecule has 1 aliphatic rings. The van der Waals surface area contributed by atoms with E-state index in [1.165, 1.54) is 30.6 Å². The number of hydrogen-bond acceptors (Lipinski definition) is 4. The highest BCUT2D eigenvalue weighted by Crippen LogP contribution is 2.32. The topological polar surface area (TPSA) is 72.7 Å². The molecule has 0 radical (unpaired) electrons. The number of aromatic nitrogens is 4. The molecule has 9 heteroatoms. The Bertz CT molecular complexity index is 710. The predicted molar refractivity (Wildman–Crippen MR) is 82.6 cm³/mol. The number of nitrogens with zero attached hydrogens (tertiary/aromatic N) is 4. The first-order valence-corrected chi connectivity index (χ1v) is 8.15. The van der Waals surface area contributed by atoms with Crippen molar-refractivity contribution in [1.29, 1.82) is 0 Å². The number of alkyl halides is 3. The van der Waals surface area contributed by atoms with E-state index in [0.29, 0.717) is 0 Å². The molecule has 1 aliphatic carbocycles. The first kappa shape index (κ1) is 17.4. The Balaban J connectivity index is 1.74. The Hall–Kier alpha value is -2.45. The van der Waals surface area contributed by atoms with Crippen LogP contribution in [0, 0.1) is 0 Å². The van der Waals surface area contributed by atoms with Gasteiger partial charge in [-0.05, 0) is 25.0 Å². The van der Waals surface area contributed by atoms with Gasteiger partial charge in [-0.15, -0.1) is 5.10 Å². The first-order chi connectivity index (χ1) is 11.9. The summed E-state index contributed by atoms with van der Waals surface area (Å²) in [7, 11) is 0. The number of nitrogens with one attached hydrogen (secondary N) is 1. The summed E-state index contributed by atoms with van der Waals surface area (Å²) >= 11 is 0. The normalized spacial score (nSPS) is 17.2. The van der Waals surface area contributed by atoms with Crippen molar-refractivity contribution in [3.05, 3.63) is 42.0 Å². The molecule has 1 N–H and O–H groups in total. The van der Waals surface area contributed by atoms with Crippen molar-refractivity contribution >= 4 is 5.91 Å². The number of halogens is 3. The van der Waals surface area contributed by atoms with Crippen molar-refractivity contribution in [2.45, 2.75) is 50.4 Å². The second-order valence-electron chi connectivity index (χ2n) is 6.08. The van der Waals surface area contributed by atoms with E-state index in [1.54, 1.807) is 4.68 Å². The van der Waals surface area contributed by atoms with Crippen molar-refractivity contribution in [2.75, 3.05) is 0 Å². The Morgan fingerprint density at radius 2 is 2.00 bits per heavy atom. The quantitative estimate of drug-likeness (QED) is 0.916. The Labute approximate surface area is 142 Å². The minimum atomic E-state index is -4.66. The number of pyridine rings is 1. The van der Waals surface area contributed by atoms with Crippen LogP contribution in [0.15, 0.2) is 30.6 Å². The summed E-state index contributed by atoms with van der Waals surface area (Å²) in [6, 6.07) is 2.12. The third kappa shape index (κ3) is 4.15. The van der Waals surface area contributed by atoms with Crippen LogP contribution >= 0.6 is 0 Å². The molecule has 0 aromatic carbocycles. The maximum absolute atomic E-state index is 13.3. The van der Waals surface area contributed by atoms with Gasteiger partial charge in [-0.2, -0.15) is 13.2 Å². The molecule has 0 saturated heterocycles. The summed E-state index contributed by atoms with van der Waals surface area (Å²) in [6.07, 6.45) is 3.17. The van der Waals surface area contributed by atoms with Crippen LogP contribution in [0.1, 0.15) is 60.4 Å². The number of hydrogen-bond donors (Lipinski definition) is 1. The van der Waals surface area contributed by atoms with E-state index in [-0.39, 0.29) is 17.4 Å². The van der Waals surface area contributed by atoms with Gasteiger partial charge in [0.2, 0.25) is 0 Å². The van der Waals surface area contributed by atoms with Gasteiger partial charge in [0, 0.05) is 6.20 Å². The lowest BCUT2D eigenvalue weighted by molar-refractivity contribution is -0.156. The van der Waals surface area contributed by atoms with Gasteiger partial charge in [-0.3, -0.25) is 9.78 Å². The van der Waals surface area contributed by atoms with Crippen molar-refractivity contribution in [3.63, 3.8) is 0 Å². The van der Waals surface area contributed by atoms with E-state index < -0.39 is 18.1 Å². The first-order valence-electron chi connectivity index (χ1n) is 8.15. The molecule has 1 unspecified atom stereocenters. The smallest absolute Gasteiger partial charge is 0.334 e. The van der Waals surface area contributed by atoms with Crippen LogP contribution in [0.5, 0.6) is 0 Å². The minimum Gasteiger partial charge on any atom is -0.334 e. The molecule has 25 heavy (non-hydrogen) atoms. The van der Waals surface area contributed by atoms with E-state index in [0.717, 1.165) is 32.1 Å². The van der Waals surface area contributed by atoms with Crippen LogP contribution in [-0.2, 0) is 0 Å². The standard InChI is InChI=1S/C16H18F3N5O/c17-16(18,19)14(12-8-4-5-9-20-12)21-15(25)13-10-24(23-22-13)11-6-2-1-3-7-11/h4-5,8-11,14H,1-3,6-7H2,(H,21,25). The van der Waals surface area contributed by atoms with E-state index in [9.17, 15) is 18.0 Å². The molecule has 1 amide bonds. The van der Waals surface area contributed by atoms with Crippen LogP contribution in [0.2, 0.25) is 0 Å². The maximum atomic E-state index is 13.3. The van der Waals surface area contributed by atoms with Gasteiger partial charge in [0.05, 0.1) is 17.9 Å². The van der Waals surface area contributed by atoms with Gasteiger partial charge in [-0.1, -0.05) is 30.5 Å². The lowest BCUT2D eigenvalue weighted by Gasteiger charge is -2.21. The monoisotopic (exact) mass is 353 g/mol. The highest BCUT2D eigenvalue weighted by molar-refractivity contribution is 5.92. The van der Waals surface area contributed by atoms with Gasteiger partial charge < -0.3 is 5.32 Å². The van der Waals surface area contributed by atoms with Gasteiger partial charge >= 0.3 is 6.18 Å². The molecule has 0 bridgehead atoms. The van der Waals surface area contributed by atoms with Gasteiger partial charge in [0.15, 0.2) is 11.7 Å².